The van der Waals surface area contributed by atoms with Crippen LogP contribution in [0.3, 0.4) is 0 Å². The number of nitrogens with one attached hydrogen (secondary N) is 1. The molecule has 0 aliphatic carbocycles. The van der Waals surface area contributed by atoms with Gasteiger partial charge in [-0.3, -0.25) is 0 Å². The molecule has 0 saturated carbocycles. The van der Waals surface area contributed by atoms with Crippen LogP contribution >= 0.6 is 0 Å². The van der Waals surface area contributed by atoms with Crippen molar-refractivity contribution < 1.29 is 19.0 Å². The van der Waals surface area contributed by atoms with Crippen molar-refractivity contribution in [3.05, 3.63) is 54.1 Å². The summed E-state index contributed by atoms with van der Waals surface area (Å²) in [5.41, 5.74) is 1.19. The van der Waals surface area contributed by atoms with Crippen LogP contribution in [0.2, 0.25) is 0 Å². The highest BCUT2D eigenvalue weighted by atomic mass is 16.6. The van der Waals surface area contributed by atoms with E-state index in [0.717, 1.165) is 12.2 Å². The molecule has 5 nitrogen and oxygen atoms in total. The topological polar surface area (TPSA) is 56.8 Å². The standard InChI is InChI=1S/C21H31NO4/c1-5-6-7-8-21(23)26-20(15-22-17(2)3)16-25-19-11-9-18(10-12-19)13-14-24-4/h5-12,17,20,22H,13-16H2,1-4H3/b6-5+,8-7+/t20-/m0/s1. The van der Waals surface area contributed by atoms with E-state index in [-0.39, 0.29) is 12.1 Å². The highest BCUT2D eigenvalue weighted by Crippen LogP contribution is 2.13. The van der Waals surface area contributed by atoms with Crippen molar-refractivity contribution in [1.82, 2.24) is 5.32 Å². The molecule has 1 aromatic rings. The molecule has 1 aromatic carbocycles. The molecule has 144 valence electrons. The van der Waals surface area contributed by atoms with Gasteiger partial charge < -0.3 is 19.5 Å². The maximum Gasteiger partial charge on any atom is 0.331 e. The molecule has 26 heavy (non-hydrogen) atoms. The summed E-state index contributed by atoms with van der Waals surface area (Å²) in [6, 6.07) is 8.18. The fourth-order valence-electron chi connectivity index (χ4n) is 2.11. The predicted octanol–water partition coefficient (Wildman–Crippen LogP) is 3.30. The molecule has 1 rings (SSSR count). The van der Waals surface area contributed by atoms with E-state index >= 15 is 0 Å². The van der Waals surface area contributed by atoms with E-state index in [1.807, 2.05) is 51.1 Å². The van der Waals surface area contributed by atoms with Gasteiger partial charge in [0, 0.05) is 25.8 Å². The minimum atomic E-state index is -0.378. The number of rotatable bonds is 12. The van der Waals surface area contributed by atoms with E-state index in [1.54, 1.807) is 19.3 Å². The van der Waals surface area contributed by atoms with Gasteiger partial charge in [0.2, 0.25) is 0 Å². The molecule has 1 N–H and O–H groups in total. The zero-order chi connectivity index (χ0) is 19.2. The van der Waals surface area contributed by atoms with Crippen LogP contribution in [0.15, 0.2) is 48.6 Å². The molecular weight excluding hydrogens is 330 g/mol. The zero-order valence-electron chi connectivity index (χ0n) is 16.2. The van der Waals surface area contributed by atoms with Crippen molar-refractivity contribution in [2.24, 2.45) is 0 Å². The van der Waals surface area contributed by atoms with Gasteiger partial charge in [0.15, 0.2) is 0 Å². The molecule has 5 heteroatoms. The molecule has 0 aliphatic heterocycles. The minimum Gasteiger partial charge on any atom is -0.490 e. The fourth-order valence-corrected chi connectivity index (χ4v) is 2.11. The monoisotopic (exact) mass is 361 g/mol. The number of ether oxygens (including phenoxy) is 3. The second-order valence-corrected chi connectivity index (χ2v) is 6.20. The molecule has 0 unspecified atom stereocenters. The average Bonchev–Trinajstić information content (AvgIpc) is 2.63. The van der Waals surface area contributed by atoms with Gasteiger partial charge in [0.1, 0.15) is 18.5 Å². The van der Waals surface area contributed by atoms with Crippen LogP contribution in [-0.2, 0) is 20.7 Å². The molecule has 0 spiro atoms. The molecule has 0 aromatic heterocycles. The Kier molecular flexibility index (Phi) is 11.1. The Morgan fingerprint density at radius 2 is 1.92 bits per heavy atom. The van der Waals surface area contributed by atoms with E-state index < -0.39 is 0 Å². The van der Waals surface area contributed by atoms with E-state index in [4.69, 9.17) is 14.2 Å². The summed E-state index contributed by atoms with van der Waals surface area (Å²) in [6.07, 6.45) is 7.20. The maximum absolute atomic E-state index is 11.9. The summed E-state index contributed by atoms with van der Waals surface area (Å²) in [7, 11) is 1.69. The first-order chi connectivity index (χ1) is 12.5. The third kappa shape index (κ3) is 10.0. The second-order valence-electron chi connectivity index (χ2n) is 6.20. The Hall–Kier alpha value is -2.11. The van der Waals surface area contributed by atoms with Crippen LogP contribution < -0.4 is 10.1 Å². The number of hydrogen-bond acceptors (Lipinski definition) is 5. The van der Waals surface area contributed by atoms with Crippen molar-refractivity contribution in [2.75, 3.05) is 26.9 Å². The van der Waals surface area contributed by atoms with Crippen molar-refractivity contribution in [3.63, 3.8) is 0 Å². The van der Waals surface area contributed by atoms with Gasteiger partial charge in [-0.05, 0) is 31.0 Å². The zero-order valence-corrected chi connectivity index (χ0v) is 16.2. The third-order valence-electron chi connectivity index (χ3n) is 3.53. The third-order valence-corrected chi connectivity index (χ3v) is 3.53. The van der Waals surface area contributed by atoms with Crippen LogP contribution in [-0.4, -0.2) is 45.0 Å². The first-order valence-electron chi connectivity index (χ1n) is 8.99. The summed E-state index contributed by atoms with van der Waals surface area (Å²) in [5.74, 6) is 0.374. The lowest BCUT2D eigenvalue weighted by Crippen LogP contribution is -2.38. The summed E-state index contributed by atoms with van der Waals surface area (Å²) in [5, 5.41) is 3.28. The molecule has 0 heterocycles. The van der Waals surface area contributed by atoms with Gasteiger partial charge in [0.05, 0.1) is 6.61 Å². The number of hydrogen-bond donors (Lipinski definition) is 1. The highest BCUT2D eigenvalue weighted by Gasteiger charge is 2.14. The summed E-state index contributed by atoms with van der Waals surface area (Å²) < 4.78 is 16.4. The van der Waals surface area contributed by atoms with Crippen LogP contribution in [0, 0.1) is 0 Å². The SMILES string of the molecule is C/C=C/C=C/C(=O)O[C@@H](CNC(C)C)COc1ccc(CCOC)cc1. The van der Waals surface area contributed by atoms with Crippen molar-refractivity contribution in [1.29, 1.82) is 0 Å². The molecule has 0 amide bonds. The van der Waals surface area contributed by atoms with Crippen molar-refractivity contribution in [2.45, 2.75) is 39.3 Å². The first-order valence-corrected chi connectivity index (χ1v) is 8.99. The molecule has 0 saturated heterocycles. The van der Waals surface area contributed by atoms with Crippen LogP contribution in [0.5, 0.6) is 5.75 Å². The van der Waals surface area contributed by atoms with E-state index in [2.05, 4.69) is 5.32 Å². The van der Waals surface area contributed by atoms with E-state index in [1.165, 1.54) is 11.6 Å². The lowest BCUT2D eigenvalue weighted by atomic mass is 10.1. The second kappa shape index (κ2) is 13.1. The number of benzene rings is 1. The summed E-state index contributed by atoms with van der Waals surface area (Å²) >= 11 is 0. The molecule has 0 radical (unpaired) electrons. The Morgan fingerprint density at radius 1 is 1.19 bits per heavy atom. The average molecular weight is 361 g/mol. The fraction of sp³-hybridized carbons (Fsp3) is 0.476. The normalized spacial score (nSPS) is 12.8. The van der Waals surface area contributed by atoms with E-state index in [9.17, 15) is 4.79 Å². The first kappa shape index (κ1) is 21.9. The van der Waals surface area contributed by atoms with Crippen molar-refractivity contribution >= 4 is 5.97 Å². The van der Waals surface area contributed by atoms with Gasteiger partial charge in [-0.1, -0.05) is 44.2 Å². The van der Waals surface area contributed by atoms with Crippen molar-refractivity contribution in [3.8, 4) is 5.75 Å². The number of methoxy groups -OCH3 is 1. The molecule has 0 bridgehead atoms. The Morgan fingerprint density at radius 3 is 2.54 bits per heavy atom. The Bertz CT molecular complexity index is 564. The van der Waals surface area contributed by atoms with Crippen LogP contribution in [0.1, 0.15) is 26.3 Å². The number of esters is 1. The van der Waals surface area contributed by atoms with Gasteiger partial charge >= 0.3 is 5.97 Å². The summed E-state index contributed by atoms with van der Waals surface area (Å²) in [6.45, 7) is 7.50. The van der Waals surface area contributed by atoms with Crippen LogP contribution in [0.4, 0.5) is 0 Å². The lowest BCUT2D eigenvalue weighted by Gasteiger charge is -2.20. The summed E-state index contributed by atoms with van der Waals surface area (Å²) in [4.78, 5) is 11.9. The van der Waals surface area contributed by atoms with Crippen LogP contribution in [0.25, 0.3) is 0 Å². The highest BCUT2D eigenvalue weighted by molar-refractivity contribution is 5.82. The molecule has 1 atom stereocenters. The van der Waals surface area contributed by atoms with Gasteiger partial charge in [0.25, 0.3) is 0 Å². The van der Waals surface area contributed by atoms with Gasteiger partial charge in [-0.15, -0.1) is 0 Å². The lowest BCUT2D eigenvalue weighted by molar-refractivity contribution is -0.144. The van der Waals surface area contributed by atoms with E-state index in [0.29, 0.717) is 25.8 Å². The van der Waals surface area contributed by atoms with Gasteiger partial charge in [-0.25, -0.2) is 4.79 Å². The number of carbonyl (C=O) groups is 1. The largest absolute Gasteiger partial charge is 0.490 e. The quantitative estimate of drug-likeness (QED) is 0.352. The predicted molar refractivity (Wildman–Crippen MR) is 104 cm³/mol. The molecule has 0 aliphatic rings. The van der Waals surface area contributed by atoms with Gasteiger partial charge in [-0.2, -0.15) is 0 Å². The molecule has 0 fully saturated rings. The molecular formula is C21H31NO4. The Labute approximate surface area is 157 Å². The number of allylic oxidation sites excluding steroid dienone is 3. The number of carbonyl (C=O) groups excluding carboxylic acids is 1. The Balaban J connectivity index is 2.57. The minimum absolute atomic E-state index is 0.292. The smallest absolute Gasteiger partial charge is 0.331 e. The maximum atomic E-state index is 11.9.